The minimum absolute atomic E-state index is 0.794. The number of sulfone groups is 1. The minimum Gasteiger partial charge on any atom is -0.215 e. The highest BCUT2D eigenvalue weighted by atomic mass is 32.2. The quantitative estimate of drug-likeness (QED) is 0.603. The molecule has 60 valence electrons. The van der Waals surface area contributed by atoms with Gasteiger partial charge in [0.1, 0.15) is 0 Å². The first-order valence-electron chi connectivity index (χ1n) is 2.16. The van der Waals surface area contributed by atoms with Gasteiger partial charge in [0.05, 0.1) is 0 Å². The molecular weight excluding hydrogens is 169 g/mol. The van der Waals surface area contributed by atoms with Gasteiger partial charge in [0.2, 0.25) is 0 Å². The molecule has 0 bridgehead atoms. The van der Waals surface area contributed by atoms with Gasteiger partial charge in [-0.2, -0.15) is 13.2 Å². The van der Waals surface area contributed by atoms with Crippen molar-refractivity contribution in [2.24, 2.45) is 0 Å². The summed E-state index contributed by atoms with van der Waals surface area (Å²) in [5.41, 5.74) is -5.21. The van der Waals surface area contributed by atoms with Gasteiger partial charge in [-0.15, -0.1) is 0 Å². The summed E-state index contributed by atoms with van der Waals surface area (Å²) in [6, 6.07) is 0. The fraction of sp³-hybridized carbons (Fsp3) is 0.500. The number of hydrogen-bond donors (Lipinski definition) is 0. The van der Waals surface area contributed by atoms with Gasteiger partial charge in [-0.1, -0.05) is 6.58 Å². The molecule has 6 heteroatoms. The fourth-order valence-electron chi connectivity index (χ4n) is 0.198. The van der Waals surface area contributed by atoms with E-state index in [4.69, 9.17) is 0 Å². The molecule has 0 aliphatic rings. The second-order valence-corrected chi connectivity index (χ2v) is 3.82. The molecule has 0 radical (unpaired) electrons. The highest BCUT2D eigenvalue weighted by Crippen LogP contribution is 2.27. The van der Waals surface area contributed by atoms with Gasteiger partial charge < -0.3 is 0 Å². The largest absolute Gasteiger partial charge is 0.501 e. The van der Waals surface area contributed by atoms with Crippen molar-refractivity contribution < 1.29 is 21.6 Å². The summed E-state index contributed by atoms with van der Waals surface area (Å²) >= 11 is 0. The van der Waals surface area contributed by atoms with Crippen molar-refractivity contribution in [3.63, 3.8) is 0 Å². The summed E-state index contributed by atoms with van der Waals surface area (Å²) in [4.78, 5) is -0.889. The van der Waals surface area contributed by atoms with Gasteiger partial charge in [0, 0.05) is 4.91 Å². The highest BCUT2D eigenvalue weighted by Gasteiger charge is 2.45. The average Bonchev–Trinajstić information content (AvgIpc) is 1.62. The smallest absolute Gasteiger partial charge is 0.215 e. The molecule has 0 aromatic heterocycles. The van der Waals surface area contributed by atoms with E-state index < -0.39 is 20.3 Å². The number of allylic oxidation sites excluding steroid dienone is 1. The van der Waals surface area contributed by atoms with Crippen LogP contribution in [0.5, 0.6) is 0 Å². The van der Waals surface area contributed by atoms with Crippen LogP contribution in [0.25, 0.3) is 0 Å². The molecule has 0 unspecified atom stereocenters. The van der Waals surface area contributed by atoms with Crippen LogP contribution in [0, 0.1) is 0 Å². The first-order valence-corrected chi connectivity index (χ1v) is 3.65. The van der Waals surface area contributed by atoms with E-state index in [1.165, 1.54) is 0 Å². The molecule has 0 amide bonds. The maximum atomic E-state index is 11.4. The zero-order valence-corrected chi connectivity index (χ0v) is 5.88. The van der Waals surface area contributed by atoms with Crippen LogP contribution in [0.2, 0.25) is 0 Å². The Morgan fingerprint density at radius 3 is 1.70 bits per heavy atom. The van der Waals surface area contributed by atoms with Crippen molar-refractivity contribution in [1.29, 1.82) is 0 Å². The Hall–Kier alpha value is -0.520. The minimum atomic E-state index is -5.21. The molecule has 0 spiro atoms. The monoisotopic (exact) mass is 174 g/mol. The van der Waals surface area contributed by atoms with Gasteiger partial charge >= 0.3 is 5.51 Å². The average molecular weight is 174 g/mol. The van der Waals surface area contributed by atoms with E-state index in [0.717, 1.165) is 6.92 Å². The molecule has 0 aromatic carbocycles. The van der Waals surface area contributed by atoms with Gasteiger partial charge in [0.15, 0.2) is 0 Å². The molecule has 0 N–H and O–H groups in total. The molecule has 0 heterocycles. The van der Waals surface area contributed by atoms with Crippen LogP contribution >= 0.6 is 0 Å². The van der Waals surface area contributed by atoms with Crippen LogP contribution in [0.4, 0.5) is 13.2 Å². The van der Waals surface area contributed by atoms with Crippen LogP contribution in [0.1, 0.15) is 6.92 Å². The van der Waals surface area contributed by atoms with E-state index in [0.29, 0.717) is 0 Å². The van der Waals surface area contributed by atoms with Crippen LogP contribution in [0.3, 0.4) is 0 Å². The van der Waals surface area contributed by atoms with Gasteiger partial charge in [-0.25, -0.2) is 8.42 Å². The summed E-state index contributed by atoms with van der Waals surface area (Å²) in [5, 5.41) is 0. The van der Waals surface area contributed by atoms with E-state index in [1.54, 1.807) is 0 Å². The SMILES string of the molecule is C=C(C)S(=O)(=O)C(F)(F)F. The second-order valence-electron chi connectivity index (χ2n) is 1.65. The third-order valence-electron chi connectivity index (χ3n) is 0.763. The molecule has 2 nitrogen and oxygen atoms in total. The summed E-state index contributed by atoms with van der Waals surface area (Å²) < 4.78 is 54.6. The number of alkyl halides is 3. The Kier molecular flexibility index (Phi) is 2.15. The van der Waals surface area contributed by atoms with E-state index in [2.05, 4.69) is 6.58 Å². The van der Waals surface area contributed by atoms with Crippen molar-refractivity contribution in [2.75, 3.05) is 0 Å². The second kappa shape index (κ2) is 2.26. The van der Waals surface area contributed by atoms with E-state index in [-0.39, 0.29) is 0 Å². The lowest BCUT2D eigenvalue weighted by atomic mass is 10.8. The first-order chi connectivity index (χ1) is 4.19. The summed E-state index contributed by atoms with van der Waals surface area (Å²) in [6.45, 7) is 3.48. The van der Waals surface area contributed by atoms with Gasteiger partial charge in [0.25, 0.3) is 9.84 Å². The Bertz CT molecular complexity index is 236. The lowest BCUT2D eigenvalue weighted by Crippen LogP contribution is -2.23. The van der Waals surface area contributed by atoms with Crippen LogP contribution in [0.15, 0.2) is 11.5 Å². The zero-order valence-electron chi connectivity index (χ0n) is 5.07. The first kappa shape index (κ1) is 9.48. The molecule has 0 aliphatic carbocycles. The highest BCUT2D eigenvalue weighted by molar-refractivity contribution is 7.96. The standard InChI is InChI=1S/C4H5F3O2S/c1-3(2)10(8,9)4(5,6)7/h1H2,2H3. The molecule has 0 aromatic rings. The lowest BCUT2D eigenvalue weighted by Gasteiger charge is -2.05. The number of rotatable bonds is 1. The summed E-state index contributed by atoms with van der Waals surface area (Å²) in [6.07, 6.45) is 0. The Labute approximate surface area is 56.3 Å². The molecule has 0 atom stereocenters. The predicted octanol–water partition coefficient (Wildman–Crippen LogP) is 1.45. The Morgan fingerprint density at radius 1 is 1.40 bits per heavy atom. The molecule has 0 rings (SSSR count). The number of halogens is 3. The van der Waals surface area contributed by atoms with Crippen molar-refractivity contribution in [3.05, 3.63) is 11.5 Å². The topological polar surface area (TPSA) is 34.1 Å². The van der Waals surface area contributed by atoms with Crippen molar-refractivity contribution >= 4 is 9.84 Å². The molecule has 0 saturated heterocycles. The van der Waals surface area contributed by atoms with Crippen molar-refractivity contribution in [3.8, 4) is 0 Å². The maximum Gasteiger partial charge on any atom is 0.501 e. The van der Waals surface area contributed by atoms with Crippen LogP contribution < -0.4 is 0 Å². The molecule has 0 aliphatic heterocycles. The summed E-state index contributed by atoms with van der Waals surface area (Å²) in [5.74, 6) is 0. The van der Waals surface area contributed by atoms with E-state index in [1.807, 2.05) is 0 Å². The molecule has 10 heavy (non-hydrogen) atoms. The van der Waals surface area contributed by atoms with Crippen LogP contribution in [-0.2, 0) is 9.84 Å². The molecular formula is C4H5F3O2S. The predicted molar refractivity (Wildman–Crippen MR) is 29.8 cm³/mol. The summed E-state index contributed by atoms with van der Waals surface area (Å²) in [7, 11) is -5.11. The number of hydrogen-bond acceptors (Lipinski definition) is 2. The Morgan fingerprint density at radius 2 is 1.70 bits per heavy atom. The Balaban J connectivity index is 4.98. The maximum absolute atomic E-state index is 11.4. The van der Waals surface area contributed by atoms with E-state index in [9.17, 15) is 21.6 Å². The molecule has 0 fully saturated rings. The van der Waals surface area contributed by atoms with Gasteiger partial charge in [-0.3, -0.25) is 0 Å². The lowest BCUT2D eigenvalue weighted by molar-refractivity contribution is -0.0426. The van der Waals surface area contributed by atoms with Crippen molar-refractivity contribution in [2.45, 2.75) is 12.4 Å². The molecule has 0 saturated carbocycles. The zero-order chi connectivity index (χ0) is 8.58. The normalized spacial score (nSPS) is 13.2. The van der Waals surface area contributed by atoms with Gasteiger partial charge in [-0.05, 0) is 6.92 Å². The van der Waals surface area contributed by atoms with Crippen LogP contribution in [-0.4, -0.2) is 13.9 Å². The third-order valence-corrected chi connectivity index (χ3v) is 2.29. The third kappa shape index (κ3) is 1.50. The van der Waals surface area contributed by atoms with E-state index >= 15 is 0 Å². The fourth-order valence-corrected chi connectivity index (χ4v) is 0.593. The van der Waals surface area contributed by atoms with Crippen molar-refractivity contribution in [1.82, 2.24) is 0 Å².